The smallest absolute Gasteiger partial charge is 1.00 e. The third-order valence-corrected chi connectivity index (χ3v) is 4.17. The van der Waals surface area contributed by atoms with Crippen LogP contribution in [0.1, 0.15) is 22.3 Å². The SMILES string of the molecule is Cc1cccc(C)c1NCCNCCNc1c(C)cccc1C.[Cl-].[Cl-].[Tc+2]. The summed E-state index contributed by atoms with van der Waals surface area (Å²) < 4.78 is 0. The van der Waals surface area contributed by atoms with Crippen LogP contribution in [0.5, 0.6) is 0 Å². The molecule has 0 fully saturated rings. The van der Waals surface area contributed by atoms with Crippen molar-refractivity contribution < 1.29 is 44.9 Å². The first-order valence-corrected chi connectivity index (χ1v) is 8.40. The van der Waals surface area contributed by atoms with Crippen molar-refractivity contribution in [2.45, 2.75) is 27.7 Å². The number of aryl methyl sites for hydroxylation is 4. The number of rotatable bonds is 8. The fourth-order valence-corrected chi connectivity index (χ4v) is 2.86. The van der Waals surface area contributed by atoms with Crippen LogP contribution < -0.4 is 40.8 Å². The zero-order valence-electron chi connectivity index (χ0n) is 15.9. The molecule has 0 saturated carbocycles. The van der Waals surface area contributed by atoms with Crippen molar-refractivity contribution in [2.24, 2.45) is 0 Å². The minimum absolute atomic E-state index is 0. The Hall–Kier alpha value is -0.771. The van der Waals surface area contributed by atoms with E-state index >= 15 is 0 Å². The summed E-state index contributed by atoms with van der Waals surface area (Å²) in [7, 11) is 0. The van der Waals surface area contributed by atoms with E-state index in [4.69, 9.17) is 0 Å². The Morgan fingerprint density at radius 3 is 1.19 bits per heavy atom. The van der Waals surface area contributed by atoms with Crippen molar-refractivity contribution in [3.8, 4) is 0 Å². The van der Waals surface area contributed by atoms with Gasteiger partial charge in [-0.1, -0.05) is 36.4 Å². The first kappa shape index (κ1) is 27.4. The van der Waals surface area contributed by atoms with Gasteiger partial charge in [-0.25, -0.2) is 0 Å². The maximum Gasteiger partial charge on any atom is 2.00 e. The van der Waals surface area contributed by atoms with Gasteiger partial charge in [0.1, 0.15) is 0 Å². The molecule has 2 aromatic rings. The fraction of sp³-hybridized carbons (Fsp3) is 0.400. The Morgan fingerprint density at radius 2 is 0.885 bits per heavy atom. The molecule has 0 atom stereocenters. The van der Waals surface area contributed by atoms with Crippen molar-refractivity contribution in [1.82, 2.24) is 5.32 Å². The monoisotopic (exact) mass is 478 g/mol. The first-order chi connectivity index (χ1) is 11.1. The van der Waals surface area contributed by atoms with Crippen LogP contribution in [-0.2, 0) is 20.1 Å². The van der Waals surface area contributed by atoms with Crippen LogP contribution in [0, 0.1) is 27.7 Å². The van der Waals surface area contributed by atoms with Crippen molar-refractivity contribution in [2.75, 3.05) is 36.8 Å². The minimum atomic E-state index is 0. The number of benzene rings is 2. The van der Waals surface area contributed by atoms with E-state index in [0.29, 0.717) is 0 Å². The Bertz CT molecular complexity index is 555. The molecular weight excluding hydrogens is 451 g/mol. The summed E-state index contributed by atoms with van der Waals surface area (Å²) in [5.41, 5.74) is 7.76. The predicted molar refractivity (Wildman–Crippen MR) is 102 cm³/mol. The topological polar surface area (TPSA) is 36.1 Å². The van der Waals surface area contributed by atoms with Crippen LogP contribution in [0.2, 0.25) is 0 Å². The third-order valence-electron chi connectivity index (χ3n) is 4.17. The van der Waals surface area contributed by atoms with Crippen LogP contribution in [0.3, 0.4) is 0 Å². The maximum absolute atomic E-state index is 3.53. The van der Waals surface area contributed by atoms with Crippen molar-refractivity contribution in [3.63, 3.8) is 0 Å². The number of para-hydroxylation sites is 2. The molecule has 6 heteroatoms. The molecular formula is C20H29Cl2N3Tc. The molecule has 0 aromatic heterocycles. The van der Waals surface area contributed by atoms with Gasteiger partial charge in [0.25, 0.3) is 0 Å². The van der Waals surface area contributed by atoms with E-state index < -0.39 is 0 Å². The van der Waals surface area contributed by atoms with Crippen LogP contribution >= 0.6 is 0 Å². The number of nitrogens with one attached hydrogen (secondary N) is 3. The first-order valence-electron chi connectivity index (χ1n) is 8.40. The van der Waals surface area contributed by atoms with E-state index in [1.807, 2.05) is 0 Å². The van der Waals surface area contributed by atoms with Crippen LogP contribution in [-0.4, -0.2) is 26.2 Å². The molecule has 0 unspecified atom stereocenters. The van der Waals surface area contributed by atoms with Gasteiger partial charge in [-0.15, -0.1) is 0 Å². The minimum Gasteiger partial charge on any atom is -1.00 e. The summed E-state index contributed by atoms with van der Waals surface area (Å²) in [5.74, 6) is 0. The molecule has 0 saturated heterocycles. The van der Waals surface area contributed by atoms with Gasteiger partial charge in [0.2, 0.25) is 0 Å². The van der Waals surface area contributed by atoms with Gasteiger partial charge < -0.3 is 40.8 Å². The van der Waals surface area contributed by atoms with E-state index in [9.17, 15) is 0 Å². The van der Waals surface area contributed by atoms with Gasteiger partial charge >= 0.3 is 20.1 Å². The summed E-state index contributed by atoms with van der Waals surface area (Å²) in [5, 5.41) is 10.5. The van der Waals surface area contributed by atoms with Gasteiger partial charge in [0.15, 0.2) is 0 Å². The second kappa shape index (κ2) is 14.3. The Labute approximate surface area is 184 Å². The zero-order chi connectivity index (χ0) is 16.7. The van der Waals surface area contributed by atoms with Crippen molar-refractivity contribution in [1.29, 1.82) is 0 Å². The maximum atomic E-state index is 3.53. The molecule has 145 valence electrons. The second-order valence-electron chi connectivity index (χ2n) is 6.14. The van der Waals surface area contributed by atoms with Crippen LogP contribution in [0.4, 0.5) is 11.4 Å². The van der Waals surface area contributed by atoms with E-state index in [0.717, 1.165) is 26.2 Å². The zero-order valence-corrected chi connectivity index (χ0v) is 19.3. The van der Waals surface area contributed by atoms with Crippen molar-refractivity contribution in [3.05, 3.63) is 58.7 Å². The van der Waals surface area contributed by atoms with Crippen molar-refractivity contribution >= 4 is 11.4 Å². The molecule has 0 amide bonds. The number of hydrogen-bond acceptors (Lipinski definition) is 3. The van der Waals surface area contributed by atoms with Crippen LogP contribution in [0.25, 0.3) is 0 Å². The molecule has 0 bridgehead atoms. The van der Waals surface area contributed by atoms with Gasteiger partial charge in [-0.3, -0.25) is 0 Å². The normalized spacial score (nSPS) is 9.38. The number of hydrogen-bond donors (Lipinski definition) is 3. The van der Waals surface area contributed by atoms with E-state index in [2.05, 4.69) is 80.0 Å². The summed E-state index contributed by atoms with van der Waals surface area (Å²) in [4.78, 5) is 0. The average Bonchev–Trinajstić information content (AvgIpc) is 2.51. The Morgan fingerprint density at radius 1 is 0.577 bits per heavy atom. The van der Waals surface area contributed by atoms with Crippen LogP contribution in [0.15, 0.2) is 36.4 Å². The van der Waals surface area contributed by atoms with Gasteiger partial charge in [-0.05, 0) is 49.9 Å². The molecule has 0 heterocycles. The largest absolute Gasteiger partial charge is 2.00 e. The van der Waals surface area contributed by atoms with Gasteiger partial charge in [-0.2, -0.15) is 0 Å². The Balaban J connectivity index is 0. The molecule has 2 rings (SSSR count). The van der Waals surface area contributed by atoms with E-state index in [-0.39, 0.29) is 44.9 Å². The third kappa shape index (κ3) is 8.28. The molecule has 3 N–H and O–H groups in total. The van der Waals surface area contributed by atoms with E-state index in [1.165, 1.54) is 33.6 Å². The summed E-state index contributed by atoms with van der Waals surface area (Å²) in [6.45, 7) is 12.4. The quantitative estimate of drug-likeness (QED) is 0.385. The molecule has 0 aliphatic carbocycles. The molecule has 0 aliphatic rings. The molecule has 2 aromatic carbocycles. The Kier molecular flexibility index (Phi) is 15.1. The van der Waals surface area contributed by atoms with Gasteiger partial charge in [0, 0.05) is 37.6 Å². The summed E-state index contributed by atoms with van der Waals surface area (Å²) in [6, 6.07) is 12.8. The molecule has 0 spiro atoms. The standard InChI is InChI=1S/C20H29N3.2ClH.Tc/c1-15-7-5-8-16(2)19(15)22-13-11-21-12-14-23-20-17(3)9-6-10-18(20)4;;;/h5-10,21-23H,11-14H2,1-4H3;2*1H;/q;;;+2/p-2. The van der Waals surface area contributed by atoms with E-state index in [1.54, 1.807) is 0 Å². The van der Waals surface area contributed by atoms with Gasteiger partial charge in [0.05, 0.1) is 0 Å². The molecule has 0 aliphatic heterocycles. The molecule has 1 radical (unpaired) electrons. The summed E-state index contributed by atoms with van der Waals surface area (Å²) in [6.07, 6.45) is 0. The molecule has 26 heavy (non-hydrogen) atoms. The fourth-order valence-electron chi connectivity index (χ4n) is 2.86. The second-order valence-corrected chi connectivity index (χ2v) is 6.14. The summed E-state index contributed by atoms with van der Waals surface area (Å²) >= 11 is 0. The number of anilines is 2. The predicted octanol–water partition coefficient (Wildman–Crippen LogP) is -1.96. The number of halogens is 2. The average molecular weight is 480 g/mol. The molecule has 3 nitrogen and oxygen atoms in total.